The molecule has 0 radical (unpaired) electrons. The van der Waals surface area contributed by atoms with E-state index in [1.807, 2.05) is 0 Å². The predicted octanol–water partition coefficient (Wildman–Crippen LogP) is -4.54. The Bertz CT molecular complexity index is 790. The number of hydrogen-bond acceptors (Lipinski definition) is 8. The van der Waals surface area contributed by atoms with Crippen molar-refractivity contribution in [1.82, 2.24) is 9.88 Å². The molecule has 3 rings (SSSR count). The number of aliphatic hydroxyl groups is 1. The molecule has 4 N–H and O–H groups in total. The van der Waals surface area contributed by atoms with Crippen LogP contribution in [-0.2, 0) is 14.4 Å². The summed E-state index contributed by atoms with van der Waals surface area (Å²) in [4.78, 5) is 40.1. The number of nitrogens with two attached hydrogens (primary N) is 1. The molecule has 4 atom stereocenters. The van der Waals surface area contributed by atoms with Crippen LogP contribution >= 0.6 is 11.8 Å². The van der Waals surface area contributed by atoms with Gasteiger partial charge in [-0.3, -0.25) is 14.6 Å². The van der Waals surface area contributed by atoms with Crippen molar-refractivity contribution in [1.29, 1.82) is 0 Å². The van der Waals surface area contributed by atoms with Crippen molar-refractivity contribution in [2.45, 2.75) is 24.6 Å². The maximum Gasteiger partial charge on any atom is 1.00 e. The Morgan fingerprint density at radius 1 is 1.41 bits per heavy atom. The number of pyridine rings is 1. The zero-order chi connectivity index (χ0) is 19.0. The first-order valence-electron chi connectivity index (χ1n) is 7.79. The van der Waals surface area contributed by atoms with Crippen LogP contribution in [0.15, 0.2) is 35.1 Å². The first-order chi connectivity index (χ1) is 12.3. The Kier molecular flexibility index (Phi) is 7.06. The molecule has 1 unspecified atom stereocenters. The standard InChI is InChI=1S/C16H17N3O6S.Na/c17-8(15(22)23)6-26-10-5-9-11(13(20)7-1-3-18-4-2-7)14(21)19(9)12(10)16(24)25;/h1-4,8-9,11,13,20H,5-6,17H2,(H,22,23)(H,24,25);/q;+1/p-1/t8-,9+,11-,13?;/m0./s1. The van der Waals surface area contributed by atoms with E-state index in [9.17, 15) is 24.6 Å². The molecule has 0 spiro atoms. The minimum absolute atomic E-state index is 0. The third kappa shape index (κ3) is 4.05. The largest absolute Gasteiger partial charge is 1.00 e. The second-order valence-corrected chi connectivity index (χ2v) is 7.16. The molecule has 3 heterocycles. The van der Waals surface area contributed by atoms with Crippen molar-refractivity contribution in [3.8, 4) is 0 Å². The van der Waals surface area contributed by atoms with Gasteiger partial charge in [0, 0.05) is 29.5 Å². The van der Waals surface area contributed by atoms with Crippen molar-refractivity contribution >= 4 is 29.6 Å². The van der Waals surface area contributed by atoms with E-state index in [-0.39, 0.29) is 47.4 Å². The number of thioether (sulfide) groups is 1. The van der Waals surface area contributed by atoms with Crippen LogP contribution in [0.25, 0.3) is 0 Å². The Hall–Kier alpha value is -1.43. The number of carboxylic acid groups (broad SMARTS) is 2. The summed E-state index contributed by atoms with van der Waals surface area (Å²) in [6.07, 6.45) is 2.11. The number of aliphatic carboxylic acids is 2. The van der Waals surface area contributed by atoms with E-state index in [2.05, 4.69) is 4.98 Å². The molecule has 1 amide bonds. The van der Waals surface area contributed by atoms with Gasteiger partial charge in [0.2, 0.25) is 5.91 Å². The monoisotopic (exact) mass is 401 g/mol. The van der Waals surface area contributed by atoms with E-state index in [1.54, 1.807) is 12.1 Å². The second kappa shape index (κ2) is 8.72. The Morgan fingerprint density at radius 2 is 2.04 bits per heavy atom. The first kappa shape index (κ1) is 21.9. The van der Waals surface area contributed by atoms with Gasteiger partial charge >= 0.3 is 35.5 Å². The number of carboxylic acids is 2. The summed E-state index contributed by atoms with van der Waals surface area (Å²) < 4.78 is 0. The van der Waals surface area contributed by atoms with Gasteiger partial charge in [-0.2, -0.15) is 0 Å². The third-order valence-electron chi connectivity index (χ3n) is 4.50. The number of nitrogens with zero attached hydrogens (tertiary/aromatic N) is 2. The zero-order valence-corrected chi connectivity index (χ0v) is 17.3. The van der Waals surface area contributed by atoms with Gasteiger partial charge in [0.25, 0.3) is 0 Å². The summed E-state index contributed by atoms with van der Waals surface area (Å²) in [5.74, 6) is -4.02. The average molecular weight is 401 g/mol. The van der Waals surface area contributed by atoms with Gasteiger partial charge in [-0.25, -0.2) is 0 Å². The second-order valence-electron chi connectivity index (χ2n) is 6.05. The minimum Gasteiger partial charge on any atom is -0.543 e. The van der Waals surface area contributed by atoms with Crippen molar-refractivity contribution < 1.29 is 59.3 Å². The number of aromatic nitrogens is 1. The molecule has 0 aromatic carbocycles. The van der Waals surface area contributed by atoms with Gasteiger partial charge < -0.3 is 30.7 Å². The summed E-state index contributed by atoms with van der Waals surface area (Å²) in [5.41, 5.74) is 5.70. The number of carbonyl (C=O) groups excluding carboxylic acids is 2. The molecule has 2 aliphatic rings. The van der Waals surface area contributed by atoms with Crippen molar-refractivity contribution in [3.63, 3.8) is 0 Å². The molecule has 2 aliphatic heterocycles. The summed E-state index contributed by atoms with van der Waals surface area (Å²) in [6.45, 7) is 0. The average Bonchev–Trinajstić information content (AvgIpc) is 2.95. The number of carbonyl (C=O) groups is 3. The smallest absolute Gasteiger partial charge is 0.543 e. The number of β-lactam (4-membered cyclic amide) rings is 1. The van der Waals surface area contributed by atoms with E-state index in [4.69, 9.17) is 10.8 Å². The quantitative estimate of drug-likeness (QED) is 0.302. The van der Waals surface area contributed by atoms with Crippen LogP contribution in [0.2, 0.25) is 0 Å². The maximum atomic E-state index is 12.5. The van der Waals surface area contributed by atoms with Crippen molar-refractivity contribution in [2.75, 3.05) is 5.75 Å². The summed E-state index contributed by atoms with van der Waals surface area (Å²) in [6, 6.07) is 1.51. The molecule has 1 aromatic rings. The van der Waals surface area contributed by atoms with Gasteiger partial charge in [0.05, 0.1) is 29.7 Å². The number of aliphatic hydroxyl groups excluding tert-OH is 1. The van der Waals surface area contributed by atoms with Crippen LogP contribution in [-0.4, -0.2) is 55.8 Å². The number of rotatable bonds is 7. The molecule has 0 saturated carbocycles. The molecule has 1 aromatic heterocycles. The summed E-state index contributed by atoms with van der Waals surface area (Å²) in [7, 11) is 0. The Balaban J connectivity index is 0.00000261. The molecule has 0 bridgehead atoms. The van der Waals surface area contributed by atoms with Crippen LogP contribution in [0, 0.1) is 5.92 Å². The van der Waals surface area contributed by atoms with Crippen LogP contribution in [0.4, 0.5) is 0 Å². The van der Waals surface area contributed by atoms with Crippen molar-refractivity contribution in [3.05, 3.63) is 40.7 Å². The van der Waals surface area contributed by atoms with E-state index >= 15 is 0 Å². The Labute approximate surface area is 180 Å². The van der Waals surface area contributed by atoms with Gasteiger partial charge in [0.15, 0.2) is 0 Å². The fraction of sp³-hybridized carbons (Fsp3) is 0.375. The number of fused-ring (bicyclic) bond motifs is 1. The van der Waals surface area contributed by atoms with Gasteiger partial charge in [-0.1, -0.05) is 0 Å². The normalized spacial score (nSPS) is 23.2. The fourth-order valence-corrected chi connectivity index (χ4v) is 4.33. The van der Waals surface area contributed by atoms with Gasteiger partial charge in [-0.15, -0.1) is 11.8 Å². The van der Waals surface area contributed by atoms with Gasteiger partial charge in [-0.05, 0) is 17.7 Å². The third-order valence-corrected chi connectivity index (χ3v) is 5.74. The topological polar surface area (TPSA) is 157 Å². The fourth-order valence-electron chi connectivity index (χ4n) is 3.20. The molecule has 1 fully saturated rings. The van der Waals surface area contributed by atoms with Crippen molar-refractivity contribution in [2.24, 2.45) is 11.7 Å². The Morgan fingerprint density at radius 3 is 2.59 bits per heavy atom. The molecular formula is C16H16N3NaO6S. The molecule has 27 heavy (non-hydrogen) atoms. The van der Waals surface area contributed by atoms with Crippen LogP contribution in [0.5, 0.6) is 0 Å². The first-order valence-corrected chi connectivity index (χ1v) is 8.78. The van der Waals surface area contributed by atoms with Crippen LogP contribution in [0.1, 0.15) is 18.1 Å². The van der Waals surface area contributed by atoms with E-state index in [1.165, 1.54) is 12.4 Å². The molecular weight excluding hydrogens is 385 g/mol. The van der Waals surface area contributed by atoms with Crippen LogP contribution < -0.4 is 40.4 Å². The molecule has 138 valence electrons. The maximum absolute atomic E-state index is 12.5. The van der Waals surface area contributed by atoms with E-state index in [0.717, 1.165) is 16.7 Å². The minimum atomic E-state index is -1.51. The number of amides is 1. The zero-order valence-electron chi connectivity index (χ0n) is 14.4. The summed E-state index contributed by atoms with van der Waals surface area (Å²) in [5, 5.41) is 30.8. The van der Waals surface area contributed by atoms with Gasteiger partial charge in [0.1, 0.15) is 6.04 Å². The summed E-state index contributed by atoms with van der Waals surface area (Å²) >= 11 is 0.983. The predicted molar refractivity (Wildman–Crippen MR) is 88.0 cm³/mol. The van der Waals surface area contributed by atoms with E-state index < -0.39 is 42.0 Å². The molecule has 11 heteroatoms. The van der Waals surface area contributed by atoms with E-state index in [0.29, 0.717) is 10.5 Å². The SMILES string of the molecule is N[C@@H](CSC1=C(C(=O)[O-])N2C(=O)[C@H](C(O)c3ccncc3)[C@H]2C1)C(=O)O.[Na+]. The van der Waals surface area contributed by atoms with Crippen LogP contribution in [0.3, 0.4) is 0 Å². The number of hydrogen-bond donors (Lipinski definition) is 3. The molecule has 0 aliphatic carbocycles. The molecule has 9 nitrogen and oxygen atoms in total. The molecule has 1 saturated heterocycles.